The molecule has 0 aliphatic carbocycles. The fourth-order valence-corrected chi connectivity index (χ4v) is 2.52. The standard InChI is InChI=1S/C17H18O3/c18-10-14-12-19-16-9-5-4-8-15(16)17(14)20-11-13-6-2-1-3-7-13/h1-9,14,17-18H,10-12H2. The van der Waals surface area contributed by atoms with E-state index < -0.39 is 0 Å². The first-order chi connectivity index (χ1) is 9.88. The summed E-state index contributed by atoms with van der Waals surface area (Å²) in [5.41, 5.74) is 2.15. The van der Waals surface area contributed by atoms with Crippen molar-refractivity contribution >= 4 is 0 Å². The van der Waals surface area contributed by atoms with Crippen LogP contribution in [0.5, 0.6) is 5.75 Å². The molecule has 2 aromatic carbocycles. The first-order valence-corrected chi connectivity index (χ1v) is 6.86. The van der Waals surface area contributed by atoms with E-state index in [1.165, 1.54) is 0 Å². The lowest BCUT2D eigenvalue weighted by molar-refractivity contribution is -0.0461. The summed E-state index contributed by atoms with van der Waals surface area (Å²) in [5.74, 6) is 0.837. The molecule has 0 spiro atoms. The van der Waals surface area contributed by atoms with E-state index in [2.05, 4.69) is 0 Å². The van der Waals surface area contributed by atoms with Gasteiger partial charge >= 0.3 is 0 Å². The molecular weight excluding hydrogens is 252 g/mol. The van der Waals surface area contributed by atoms with E-state index in [1.807, 2.05) is 54.6 Å². The van der Waals surface area contributed by atoms with Crippen LogP contribution < -0.4 is 4.74 Å². The SMILES string of the molecule is OCC1COc2ccccc2C1OCc1ccccc1. The van der Waals surface area contributed by atoms with Crippen LogP contribution in [0.4, 0.5) is 0 Å². The fourth-order valence-electron chi connectivity index (χ4n) is 2.52. The Hall–Kier alpha value is -1.84. The molecule has 2 unspecified atom stereocenters. The third-order valence-electron chi connectivity index (χ3n) is 3.61. The van der Waals surface area contributed by atoms with Crippen molar-refractivity contribution in [3.8, 4) is 5.75 Å². The summed E-state index contributed by atoms with van der Waals surface area (Å²) in [6.45, 7) is 1.09. The van der Waals surface area contributed by atoms with Crippen molar-refractivity contribution in [3.63, 3.8) is 0 Å². The number of aliphatic hydroxyl groups is 1. The second-order valence-corrected chi connectivity index (χ2v) is 5.01. The second-order valence-electron chi connectivity index (χ2n) is 5.01. The predicted molar refractivity (Wildman–Crippen MR) is 76.5 cm³/mol. The van der Waals surface area contributed by atoms with Gasteiger partial charge in [-0.1, -0.05) is 48.5 Å². The molecule has 1 aliphatic rings. The smallest absolute Gasteiger partial charge is 0.125 e. The van der Waals surface area contributed by atoms with Gasteiger partial charge in [0, 0.05) is 11.5 Å². The van der Waals surface area contributed by atoms with Gasteiger partial charge in [0.05, 0.1) is 25.9 Å². The Kier molecular flexibility index (Phi) is 4.00. The Morgan fingerprint density at radius 1 is 1.05 bits per heavy atom. The van der Waals surface area contributed by atoms with Crippen molar-refractivity contribution in [3.05, 3.63) is 65.7 Å². The van der Waals surface area contributed by atoms with E-state index >= 15 is 0 Å². The van der Waals surface area contributed by atoms with Gasteiger partial charge in [-0.3, -0.25) is 0 Å². The number of hydrogen-bond acceptors (Lipinski definition) is 3. The Bertz CT molecular complexity index is 553. The lowest BCUT2D eigenvalue weighted by Gasteiger charge is -2.32. The van der Waals surface area contributed by atoms with Crippen LogP contribution in [-0.4, -0.2) is 18.3 Å². The summed E-state index contributed by atoms with van der Waals surface area (Å²) in [4.78, 5) is 0. The summed E-state index contributed by atoms with van der Waals surface area (Å²) < 4.78 is 11.7. The maximum atomic E-state index is 9.52. The van der Waals surface area contributed by atoms with Gasteiger partial charge in [0.15, 0.2) is 0 Å². The van der Waals surface area contributed by atoms with Gasteiger partial charge in [-0.25, -0.2) is 0 Å². The van der Waals surface area contributed by atoms with Crippen molar-refractivity contribution in [1.82, 2.24) is 0 Å². The molecule has 0 radical (unpaired) electrons. The molecule has 20 heavy (non-hydrogen) atoms. The average molecular weight is 270 g/mol. The van der Waals surface area contributed by atoms with Gasteiger partial charge in [-0.05, 0) is 11.6 Å². The first-order valence-electron chi connectivity index (χ1n) is 6.86. The summed E-state index contributed by atoms with van der Waals surface area (Å²) >= 11 is 0. The third kappa shape index (κ3) is 2.69. The highest BCUT2D eigenvalue weighted by atomic mass is 16.5. The molecular formula is C17H18O3. The van der Waals surface area contributed by atoms with E-state index in [4.69, 9.17) is 9.47 Å². The maximum absolute atomic E-state index is 9.52. The van der Waals surface area contributed by atoms with Crippen molar-refractivity contribution in [2.45, 2.75) is 12.7 Å². The minimum atomic E-state index is -0.120. The van der Waals surface area contributed by atoms with Gasteiger partial charge < -0.3 is 14.6 Å². The summed E-state index contributed by atoms with van der Waals surface area (Å²) in [6.07, 6.45) is -0.120. The van der Waals surface area contributed by atoms with Gasteiger partial charge in [-0.15, -0.1) is 0 Å². The zero-order valence-electron chi connectivity index (χ0n) is 11.2. The van der Waals surface area contributed by atoms with E-state index in [0.29, 0.717) is 13.2 Å². The van der Waals surface area contributed by atoms with Crippen molar-refractivity contribution in [1.29, 1.82) is 0 Å². The highest BCUT2D eigenvalue weighted by Crippen LogP contribution is 2.38. The van der Waals surface area contributed by atoms with Crippen molar-refractivity contribution in [2.75, 3.05) is 13.2 Å². The highest BCUT2D eigenvalue weighted by Gasteiger charge is 2.31. The second kappa shape index (κ2) is 6.07. The topological polar surface area (TPSA) is 38.7 Å². The van der Waals surface area contributed by atoms with E-state index in [0.717, 1.165) is 16.9 Å². The Morgan fingerprint density at radius 2 is 1.80 bits per heavy atom. The average Bonchev–Trinajstić information content (AvgIpc) is 2.53. The number of rotatable bonds is 4. The number of aliphatic hydroxyl groups excluding tert-OH is 1. The Labute approximate surface area is 118 Å². The molecule has 0 fully saturated rings. The molecule has 0 saturated heterocycles. The van der Waals surface area contributed by atoms with Crippen molar-refractivity contribution in [2.24, 2.45) is 5.92 Å². The first kappa shape index (κ1) is 13.2. The van der Waals surface area contributed by atoms with Crippen molar-refractivity contribution < 1.29 is 14.6 Å². The summed E-state index contributed by atoms with van der Waals surface area (Å²) in [6, 6.07) is 17.9. The number of fused-ring (bicyclic) bond motifs is 1. The van der Waals surface area contributed by atoms with Crippen LogP contribution in [0.1, 0.15) is 17.2 Å². The molecule has 0 aromatic heterocycles. The Morgan fingerprint density at radius 3 is 2.60 bits per heavy atom. The van der Waals surface area contributed by atoms with Gasteiger partial charge in [0.25, 0.3) is 0 Å². The molecule has 0 bridgehead atoms. The zero-order chi connectivity index (χ0) is 13.8. The number of para-hydroxylation sites is 1. The van der Waals surface area contributed by atoms with Crippen LogP contribution in [0.3, 0.4) is 0 Å². The minimum Gasteiger partial charge on any atom is -0.493 e. The van der Waals surface area contributed by atoms with Gasteiger partial charge in [0.2, 0.25) is 0 Å². The van der Waals surface area contributed by atoms with Gasteiger partial charge in [-0.2, -0.15) is 0 Å². The molecule has 2 aromatic rings. The maximum Gasteiger partial charge on any atom is 0.125 e. The molecule has 3 heteroatoms. The van der Waals surface area contributed by atoms with Crippen LogP contribution in [0.2, 0.25) is 0 Å². The summed E-state index contributed by atoms with van der Waals surface area (Å²) in [7, 11) is 0. The van der Waals surface area contributed by atoms with Crippen LogP contribution in [-0.2, 0) is 11.3 Å². The van der Waals surface area contributed by atoms with Crippen LogP contribution in [0, 0.1) is 5.92 Å². The van der Waals surface area contributed by atoms with Crippen LogP contribution in [0.25, 0.3) is 0 Å². The number of benzene rings is 2. The normalized spacial score (nSPS) is 21.1. The molecule has 2 atom stereocenters. The zero-order valence-corrected chi connectivity index (χ0v) is 11.2. The summed E-state index contributed by atoms with van der Waals surface area (Å²) in [5, 5.41) is 9.52. The molecule has 104 valence electrons. The monoisotopic (exact) mass is 270 g/mol. The number of hydrogen-bond donors (Lipinski definition) is 1. The number of ether oxygens (including phenoxy) is 2. The van der Waals surface area contributed by atoms with E-state index in [1.54, 1.807) is 0 Å². The minimum absolute atomic E-state index is 0.0198. The molecule has 0 saturated carbocycles. The lowest BCUT2D eigenvalue weighted by atomic mass is 9.93. The van der Waals surface area contributed by atoms with Crippen LogP contribution >= 0.6 is 0 Å². The highest BCUT2D eigenvalue weighted by molar-refractivity contribution is 5.37. The quantitative estimate of drug-likeness (QED) is 0.928. The molecule has 1 N–H and O–H groups in total. The lowest BCUT2D eigenvalue weighted by Crippen LogP contribution is -2.30. The molecule has 3 nitrogen and oxygen atoms in total. The van der Waals surface area contributed by atoms with Crippen LogP contribution in [0.15, 0.2) is 54.6 Å². The third-order valence-corrected chi connectivity index (χ3v) is 3.61. The molecule has 0 amide bonds. The largest absolute Gasteiger partial charge is 0.493 e. The fraction of sp³-hybridized carbons (Fsp3) is 0.294. The van der Waals surface area contributed by atoms with Gasteiger partial charge in [0.1, 0.15) is 5.75 Å². The molecule has 1 heterocycles. The predicted octanol–water partition coefficient (Wildman–Crippen LogP) is 2.95. The van der Waals surface area contributed by atoms with E-state index in [-0.39, 0.29) is 18.6 Å². The Balaban J connectivity index is 1.79. The molecule has 1 aliphatic heterocycles. The van der Waals surface area contributed by atoms with E-state index in [9.17, 15) is 5.11 Å². The molecule has 3 rings (SSSR count).